The zero-order valence-electron chi connectivity index (χ0n) is 18.1. The number of halogens is 2. The van der Waals surface area contributed by atoms with E-state index in [0.29, 0.717) is 22.5 Å². The lowest BCUT2D eigenvalue weighted by molar-refractivity contribution is -0.118. The van der Waals surface area contributed by atoms with E-state index < -0.39 is 0 Å². The van der Waals surface area contributed by atoms with Crippen molar-refractivity contribution in [1.82, 2.24) is 5.32 Å². The second-order valence-electron chi connectivity index (χ2n) is 7.37. The summed E-state index contributed by atoms with van der Waals surface area (Å²) in [5, 5.41) is 6.18. The van der Waals surface area contributed by atoms with Crippen LogP contribution >= 0.6 is 15.9 Å². The number of rotatable bonds is 10. The maximum Gasteiger partial charge on any atom is 0.262 e. The van der Waals surface area contributed by atoms with Crippen LogP contribution in [-0.4, -0.2) is 26.2 Å². The van der Waals surface area contributed by atoms with E-state index in [1.54, 1.807) is 19.2 Å². The van der Waals surface area contributed by atoms with Crippen LogP contribution in [0, 0.1) is 12.7 Å². The van der Waals surface area contributed by atoms with E-state index in [1.807, 2.05) is 43.3 Å². The van der Waals surface area contributed by atoms with Crippen LogP contribution in [0.15, 0.2) is 65.1 Å². The van der Waals surface area contributed by atoms with Crippen LogP contribution in [0.2, 0.25) is 0 Å². The van der Waals surface area contributed by atoms with E-state index in [-0.39, 0.29) is 18.3 Å². The first-order valence-electron chi connectivity index (χ1n) is 10.3. The van der Waals surface area contributed by atoms with Crippen molar-refractivity contribution in [1.29, 1.82) is 0 Å². The molecule has 0 spiro atoms. The third kappa shape index (κ3) is 7.07. The normalized spacial score (nSPS) is 10.6. The molecule has 3 rings (SSSR count). The fraction of sp³-hybridized carbons (Fsp3) is 0.240. The molecular formula is C25H26BrFN2O3. The van der Waals surface area contributed by atoms with Gasteiger partial charge >= 0.3 is 0 Å². The van der Waals surface area contributed by atoms with Crippen LogP contribution in [0.1, 0.15) is 16.7 Å². The summed E-state index contributed by atoms with van der Waals surface area (Å²) >= 11 is 3.52. The topological polar surface area (TPSA) is 59.6 Å². The van der Waals surface area contributed by atoms with Crippen molar-refractivity contribution in [2.24, 2.45) is 0 Å². The molecule has 3 aromatic carbocycles. The van der Waals surface area contributed by atoms with Gasteiger partial charge in [0, 0.05) is 12.2 Å². The highest BCUT2D eigenvalue weighted by atomic mass is 79.9. The molecule has 0 saturated carbocycles. The number of hydrogen-bond acceptors (Lipinski definition) is 4. The number of nitrogens with one attached hydrogen (secondary N) is 2. The number of carbonyl (C=O) groups is 1. The van der Waals surface area contributed by atoms with Crippen LogP contribution in [0.25, 0.3) is 0 Å². The van der Waals surface area contributed by atoms with Gasteiger partial charge in [0.25, 0.3) is 5.91 Å². The van der Waals surface area contributed by atoms with Gasteiger partial charge in [-0.3, -0.25) is 4.79 Å². The smallest absolute Gasteiger partial charge is 0.262 e. The second kappa shape index (κ2) is 11.6. The molecule has 0 bridgehead atoms. The Morgan fingerprint density at radius 1 is 1.03 bits per heavy atom. The largest absolute Gasteiger partial charge is 0.493 e. The summed E-state index contributed by atoms with van der Waals surface area (Å²) in [4.78, 5) is 12.2. The Bertz CT molecular complexity index is 1040. The summed E-state index contributed by atoms with van der Waals surface area (Å²) in [6.07, 6.45) is 0.801. The molecule has 0 atom stereocenters. The number of hydrogen-bond donors (Lipinski definition) is 2. The van der Waals surface area contributed by atoms with Crippen molar-refractivity contribution >= 4 is 27.5 Å². The van der Waals surface area contributed by atoms with E-state index >= 15 is 0 Å². The summed E-state index contributed by atoms with van der Waals surface area (Å²) in [5.74, 6) is 0.530. The van der Waals surface area contributed by atoms with Gasteiger partial charge in [-0.25, -0.2) is 4.39 Å². The van der Waals surface area contributed by atoms with Crippen LogP contribution in [0.4, 0.5) is 10.1 Å². The quantitative estimate of drug-likeness (QED) is 0.373. The summed E-state index contributed by atoms with van der Waals surface area (Å²) in [6.45, 7) is 3.23. The second-order valence-corrected chi connectivity index (χ2v) is 8.22. The Labute approximate surface area is 196 Å². The zero-order valence-corrected chi connectivity index (χ0v) is 19.7. The van der Waals surface area contributed by atoms with Crippen LogP contribution < -0.4 is 20.1 Å². The van der Waals surface area contributed by atoms with Gasteiger partial charge in [-0.05, 0) is 83.3 Å². The molecule has 2 N–H and O–H groups in total. The lowest BCUT2D eigenvalue weighted by Crippen LogP contribution is -2.20. The monoisotopic (exact) mass is 500 g/mol. The van der Waals surface area contributed by atoms with E-state index in [2.05, 4.69) is 26.6 Å². The molecule has 0 unspecified atom stereocenters. The fourth-order valence-electron chi connectivity index (χ4n) is 3.10. The maximum absolute atomic E-state index is 13.0. The number of carbonyl (C=O) groups excluding carboxylic acids is 1. The summed E-state index contributed by atoms with van der Waals surface area (Å²) in [6, 6.07) is 17.9. The van der Waals surface area contributed by atoms with E-state index in [0.717, 1.165) is 35.3 Å². The highest BCUT2D eigenvalue weighted by molar-refractivity contribution is 9.10. The Morgan fingerprint density at radius 3 is 2.44 bits per heavy atom. The van der Waals surface area contributed by atoms with Gasteiger partial charge < -0.3 is 20.1 Å². The van der Waals surface area contributed by atoms with Gasteiger partial charge in [0.1, 0.15) is 5.82 Å². The lowest BCUT2D eigenvalue weighted by Gasteiger charge is -2.15. The first kappa shape index (κ1) is 23.8. The van der Waals surface area contributed by atoms with Gasteiger partial charge in [0.05, 0.1) is 11.6 Å². The van der Waals surface area contributed by atoms with E-state index in [9.17, 15) is 9.18 Å². The molecule has 0 aliphatic heterocycles. The third-order valence-corrected chi connectivity index (χ3v) is 5.39. The minimum absolute atomic E-state index is 0.141. The Morgan fingerprint density at radius 2 is 1.75 bits per heavy atom. The molecule has 0 aromatic heterocycles. The molecule has 5 nitrogen and oxygen atoms in total. The number of ether oxygens (including phenoxy) is 2. The van der Waals surface area contributed by atoms with Gasteiger partial charge in [-0.2, -0.15) is 0 Å². The average molecular weight is 501 g/mol. The van der Waals surface area contributed by atoms with Crippen LogP contribution in [0.5, 0.6) is 11.5 Å². The van der Waals surface area contributed by atoms with Crippen molar-refractivity contribution in [2.75, 3.05) is 25.6 Å². The summed E-state index contributed by atoms with van der Waals surface area (Å²) < 4.78 is 24.9. The third-order valence-electron chi connectivity index (χ3n) is 4.80. The molecule has 0 aliphatic rings. The minimum Gasteiger partial charge on any atom is -0.493 e. The highest BCUT2D eigenvalue weighted by Crippen LogP contribution is 2.36. The standard InChI is InChI=1S/C25H26BrFN2O3/c1-17-3-9-21(10-4-17)29-24(30)16-32-25-22(26)13-19(14-23(25)31-2)15-28-12-11-18-5-7-20(27)8-6-18/h3-10,13-14,28H,11-12,15-16H2,1-2H3,(H,29,30). The number of amides is 1. The molecule has 0 fully saturated rings. The lowest BCUT2D eigenvalue weighted by atomic mass is 10.1. The van der Waals surface area contributed by atoms with Crippen LogP contribution in [0.3, 0.4) is 0 Å². The predicted octanol–water partition coefficient (Wildman–Crippen LogP) is 5.26. The van der Waals surface area contributed by atoms with Gasteiger partial charge in [-0.1, -0.05) is 29.8 Å². The van der Waals surface area contributed by atoms with Crippen molar-refractivity contribution in [3.8, 4) is 11.5 Å². The van der Waals surface area contributed by atoms with E-state index in [4.69, 9.17) is 9.47 Å². The zero-order chi connectivity index (χ0) is 22.9. The minimum atomic E-state index is -0.255. The van der Waals surface area contributed by atoms with E-state index in [1.165, 1.54) is 12.1 Å². The van der Waals surface area contributed by atoms with Gasteiger partial charge in [-0.15, -0.1) is 0 Å². The summed E-state index contributed by atoms with van der Waals surface area (Å²) in [5.41, 5.74) is 3.92. The van der Waals surface area contributed by atoms with Crippen molar-refractivity contribution < 1.29 is 18.7 Å². The molecule has 0 saturated heterocycles. The molecule has 1 amide bonds. The number of benzene rings is 3. The Kier molecular flexibility index (Phi) is 8.64. The Hall–Kier alpha value is -2.90. The molecular weight excluding hydrogens is 475 g/mol. The fourth-order valence-corrected chi connectivity index (χ4v) is 3.71. The number of anilines is 1. The van der Waals surface area contributed by atoms with Crippen molar-refractivity contribution in [3.05, 3.63) is 87.6 Å². The maximum atomic E-state index is 13.0. The average Bonchev–Trinajstić information content (AvgIpc) is 2.78. The van der Waals surface area contributed by atoms with Gasteiger partial charge in [0.2, 0.25) is 0 Å². The number of aryl methyl sites for hydroxylation is 1. The molecule has 32 heavy (non-hydrogen) atoms. The molecule has 0 radical (unpaired) electrons. The first-order chi connectivity index (χ1) is 15.4. The Balaban J connectivity index is 1.52. The molecule has 7 heteroatoms. The predicted molar refractivity (Wildman–Crippen MR) is 128 cm³/mol. The molecule has 0 heterocycles. The highest BCUT2D eigenvalue weighted by Gasteiger charge is 2.14. The van der Waals surface area contributed by atoms with Crippen molar-refractivity contribution in [2.45, 2.75) is 19.9 Å². The molecule has 0 aliphatic carbocycles. The first-order valence-corrected chi connectivity index (χ1v) is 11.0. The number of methoxy groups -OCH3 is 1. The SMILES string of the molecule is COc1cc(CNCCc2ccc(F)cc2)cc(Br)c1OCC(=O)Nc1ccc(C)cc1. The molecule has 3 aromatic rings. The van der Waals surface area contributed by atoms with Crippen LogP contribution in [-0.2, 0) is 17.8 Å². The van der Waals surface area contributed by atoms with Crippen molar-refractivity contribution in [3.63, 3.8) is 0 Å². The van der Waals surface area contributed by atoms with Gasteiger partial charge in [0.15, 0.2) is 18.1 Å². The summed E-state index contributed by atoms with van der Waals surface area (Å²) in [7, 11) is 1.56. The molecule has 168 valence electrons.